The summed E-state index contributed by atoms with van der Waals surface area (Å²) < 4.78 is 5.59. The molecule has 5 nitrogen and oxygen atoms in total. The second-order valence-corrected chi connectivity index (χ2v) is 9.48. The van der Waals surface area contributed by atoms with Gasteiger partial charge < -0.3 is 14.2 Å². The minimum absolute atomic E-state index is 0.126. The third-order valence-corrected chi connectivity index (χ3v) is 7.05. The van der Waals surface area contributed by atoms with E-state index in [2.05, 4.69) is 24.9 Å². The number of aromatic nitrogens is 1. The van der Waals surface area contributed by atoms with Gasteiger partial charge in [0.05, 0.1) is 23.0 Å². The number of rotatable bonds is 3. The molecule has 3 heterocycles. The fourth-order valence-electron chi connectivity index (χ4n) is 5.25. The maximum atomic E-state index is 14.0. The molecular formula is C27H31N3O2. The lowest BCUT2D eigenvalue weighted by atomic mass is 9.80. The fourth-order valence-corrected chi connectivity index (χ4v) is 5.25. The Hall–Kier alpha value is -2.92. The number of nitrogens with zero attached hydrogens (tertiary/aromatic N) is 3. The highest BCUT2D eigenvalue weighted by atomic mass is 16.3. The molecule has 0 spiro atoms. The number of carbonyl (C=O) groups is 1. The summed E-state index contributed by atoms with van der Waals surface area (Å²) in [5.74, 6) is 1.39. The molecular weight excluding hydrogens is 398 g/mol. The molecule has 2 aromatic heterocycles. The molecule has 166 valence electrons. The third-order valence-electron chi connectivity index (χ3n) is 7.05. The summed E-state index contributed by atoms with van der Waals surface area (Å²) in [7, 11) is 4.13. The van der Waals surface area contributed by atoms with Gasteiger partial charge in [-0.05, 0) is 87.2 Å². The molecule has 0 saturated carbocycles. The molecule has 0 bridgehead atoms. The van der Waals surface area contributed by atoms with Gasteiger partial charge in [0.1, 0.15) is 5.76 Å². The molecule has 0 N–H and O–H groups in total. The van der Waals surface area contributed by atoms with Gasteiger partial charge in [0.15, 0.2) is 0 Å². The van der Waals surface area contributed by atoms with Crippen molar-refractivity contribution in [3.63, 3.8) is 0 Å². The second kappa shape index (κ2) is 8.55. The molecule has 1 fully saturated rings. The first-order valence-electron chi connectivity index (χ1n) is 11.6. The first-order chi connectivity index (χ1) is 15.5. The van der Waals surface area contributed by atoms with Crippen LogP contribution in [0.4, 0.5) is 0 Å². The van der Waals surface area contributed by atoms with Gasteiger partial charge in [0.25, 0.3) is 5.91 Å². The van der Waals surface area contributed by atoms with Crippen LogP contribution in [0.5, 0.6) is 0 Å². The number of carbonyl (C=O) groups excluding carboxylic acids is 1. The van der Waals surface area contributed by atoms with Crippen LogP contribution in [0.1, 0.15) is 53.6 Å². The first kappa shape index (κ1) is 21.0. The van der Waals surface area contributed by atoms with Gasteiger partial charge in [-0.3, -0.25) is 4.79 Å². The normalized spacial score (nSPS) is 21.1. The summed E-state index contributed by atoms with van der Waals surface area (Å²) in [6.45, 7) is 4.32. The molecule has 1 unspecified atom stereocenters. The Morgan fingerprint density at radius 2 is 1.94 bits per heavy atom. The smallest absolute Gasteiger partial charge is 0.254 e. The van der Waals surface area contributed by atoms with E-state index in [0.717, 1.165) is 77.8 Å². The Morgan fingerprint density at radius 1 is 1.16 bits per heavy atom. The SMILES string of the molecule is CC1C/C(=C/c2ccco2)c2nc3ccccc3c(C(=O)N(C)C3CCN(C)CC3)c2C1. The average Bonchev–Trinajstić information content (AvgIpc) is 3.30. The largest absolute Gasteiger partial charge is 0.465 e. The van der Waals surface area contributed by atoms with Crippen LogP contribution >= 0.6 is 0 Å². The standard InChI is InChI=1S/C27H31N3O2/c1-18-15-19(17-21-7-6-14-32-21)26-23(16-18)25(22-8-4-5-9-24(22)28-26)27(31)30(3)20-10-12-29(2)13-11-20/h4-9,14,17-18,20H,10-13,15-16H2,1-3H3/b19-17-. The number of fused-ring (bicyclic) bond motifs is 2. The molecule has 0 radical (unpaired) electrons. The van der Waals surface area contributed by atoms with Crippen molar-refractivity contribution < 1.29 is 9.21 Å². The highest BCUT2D eigenvalue weighted by Gasteiger charge is 2.32. The number of hydrogen-bond donors (Lipinski definition) is 0. The fraction of sp³-hybridized carbons (Fsp3) is 0.407. The minimum Gasteiger partial charge on any atom is -0.465 e. The Kier molecular flexibility index (Phi) is 5.60. The van der Waals surface area contributed by atoms with Crippen molar-refractivity contribution in [2.45, 2.75) is 38.6 Å². The van der Waals surface area contributed by atoms with Crippen molar-refractivity contribution in [1.29, 1.82) is 0 Å². The Labute approximate surface area is 189 Å². The number of para-hydroxylation sites is 1. The van der Waals surface area contributed by atoms with Crippen LogP contribution in [0, 0.1) is 5.92 Å². The summed E-state index contributed by atoms with van der Waals surface area (Å²) in [6, 6.07) is 12.2. The molecule has 1 atom stereocenters. The number of furan rings is 1. The van der Waals surface area contributed by atoms with E-state index in [-0.39, 0.29) is 11.9 Å². The van der Waals surface area contributed by atoms with Crippen LogP contribution in [0.3, 0.4) is 0 Å². The number of likely N-dealkylation sites (tertiary alicyclic amines) is 1. The van der Waals surface area contributed by atoms with Crippen LogP contribution in [-0.4, -0.2) is 53.9 Å². The highest BCUT2D eigenvalue weighted by Crippen LogP contribution is 2.39. The molecule has 1 aliphatic heterocycles. The summed E-state index contributed by atoms with van der Waals surface area (Å²) in [4.78, 5) is 23.4. The maximum absolute atomic E-state index is 14.0. The van der Waals surface area contributed by atoms with Crippen molar-refractivity contribution in [3.05, 3.63) is 65.2 Å². The lowest BCUT2D eigenvalue weighted by Crippen LogP contribution is -2.44. The van der Waals surface area contributed by atoms with E-state index in [1.807, 2.05) is 48.3 Å². The predicted octanol–water partition coefficient (Wildman–Crippen LogP) is 5.12. The second-order valence-electron chi connectivity index (χ2n) is 9.48. The van der Waals surface area contributed by atoms with Gasteiger partial charge in [0.2, 0.25) is 0 Å². The van der Waals surface area contributed by atoms with Gasteiger partial charge in [-0.2, -0.15) is 0 Å². The molecule has 2 aliphatic rings. The predicted molar refractivity (Wildman–Crippen MR) is 128 cm³/mol. The van der Waals surface area contributed by atoms with Crippen LogP contribution in [-0.2, 0) is 6.42 Å². The lowest BCUT2D eigenvalue weighted by Gasteiger charge is -2.36. The summed E-state index contributed by atoms with van der Waals surface area (Å²) in [5.41, 5.74) is 4.91. The Bertz CT molecular complexity index is 1160. The first-order valence-corrected chi connectivity index (χ1v) is 11.6. The lowest BCUT2D eigenvalue weighted by molar-refractivity contribution is 0.0660. The monoisotopic (exact) mass is 429 g/mol. The Balaban J connectivity index is 1.64. The van der Waals surface area contributed by atoms with Crippen LogP contribution in [0.25, 0.3) is 22.6 Å². The van der Waals surface area contributed by atoms with Crippen molar-refractivity contribution >= 4 is 28.5 Å². The van der Waals surface area contributed by atoms with Gasteiger partial charge in [-0.1, -0.05) is 25.1 Å². The van der Waals surface area contributed by atoms with E-state index < -0.39 is 0 Å². The number of hydrogen-bond acceptors (Lipinski definition) is 4. The quantitative estimate of drug-likeness (QED) is 0.580. The van der Waals surface area contributed by atoms with Gasteiger partial charge >= 0.3 is 0 Å². The number of pyridine rings is 1. The molecule has 5 heteroatoms. The van der Waals surface area contributed by atoms with Gasteiger partial charge in [0, 0.05) is 18.5 Å². The van der Waals surface area contributed by atoms with Crippen LogP contribution in [0.2, 0.25) is 0 Å². The Morgan fingerprint density at radius 3 is 2.69 bits per heavy atom. The molecule has 1 saturated heterocycles. The van der Waals surface area contributed by atoms with E-state index in [4.69, 9.17) is 9.40 Å². The maximum Gasteiger partial charge on any atom is 0.254 e. The number of allylic oxidation sites excluding steroid dienone is 1. The summed E-state index contributed by atoms with van der Waals surface area (Å²) in [6.07, 6.45) is 7.61. The van der Waals surface area contributed by atoms with E-state index in [0.29, 0.717) is 5.92 Å². The van der Waals surface area contributed by atoms with Gasteiger partial charge in [-0.15, -0.1) is 0 Å². The van der Waals surface area contributed by atoms with Gasteiger partial charge in [-0.25, -0.2) is 4.98 Å². The van der Waals surface area contributed by atoms with Crippen molar-refractivity contribution in [2.24, 2.45) is 5.92 Å². The highest BCUT2D eigenvalue weighted by molar-refractivity contribution is 6.09. The summed E-state index contributed by atoms with van der Waals surface area (Å²) >= 11 is 0. The molecule has 1 amide bonds. The van der Waals surface area contributed by atoms with Crippen LogP contribution < -0.4 is 0 Å². The van der Waals surface area contributed by atoms with E-state index in [1.165, 1.54) is 0 Å². The van der Waals surface area contributed by atoms with E-state index >= 15 is 0 Å². The zero-order valence-electron chi connectivity index (χ0n) is 19.2. The summed E-state index contributed by atoms with van der Waals surface area (Å²) in [5, 5.41) is 0.961. The third kappa shape index (κ3) is 3.86. The average molecular weight is 430 g/mol. The van der Waals surface area contributed by atoms with E-state index in [9.17, 15) is 4.79 Å². The zero-order valence-corrected chi connectivity index (χ0v) is 19.2. The molecule has 3 aromatic rings. The molecule has 32 heavy (non-hydrogen) atoms. The number of piperidine rings is 1. The van der Waals surface area contributed by atoms with Crippen molar-refractivity contribution in [1.82, 2.24) is 14.8 Å². The van der Waals surface area contributed by atoms with E-state index in [1.54, 1.807) is 6.26 Å². The van der Waals surface area contributed by atoms with Crippen LogP contribution in [0.15, 0.2) is 47.1 Å². The topological polar surface area (TPSA) is 49.6 Å². The molecule has 1 aliphatic carbocycles. The minimum atomic E-state index is 0.126. The zero-order chi connectivity index (χ0) is 22.2. The molecule has 1 aromatic carbocycles. The number of benzene rings is 1. The number of amides is 1. The molecule has 5 rings (SSSR count). The van der Waals surface area contributed by atoms with Crippen molar-refractivity contribution in [2.75, 3.05) is 27.2 Å². The van der Waals surface area contributed by atoms with Crippen molar-refractivity contribution in [3.8, 4) is 0 Å².